The van der Waals surface area contributed by atoms with Gasteiger partial charge in [0, 0.05) is 38.3 Å². The van der Waals surface area contributed by atoms with Gasteiger partial charge in [0.1, 0.15) is 0 Å². The van der Waals surface area contributed by atoms with E-state index in [0.717, 1.165) is 56.8 Å². The van der Waals surface area contributed by atoms with E-state index in [4.69, 9.17) is 5.73 Å². The summed E-state index contributed by atoms with van der Waals surface area (Å²) >= 11 is 0. The first-order valence-electron chi connectivity index (χ1n) is 7.95. The molecule has 0 aromatic heterocycles. The lowest BCUT2D eigenvalue weighted by Crippen LogP contribution is -2.50. The molecule has 4 heteroatoms. The molecular weight excluding hydrogens is 262 g/mol. The van der Waals surface area contributed by atoms with E-state index in [0.29, 0.717) is 5.92 Å². The Morgan fingerprint density at radius 1 is 1.24 bits per heavy atom. The van der Waals surface area contributed by atoms with Crippen molar-refractivity contribution in [2.75, 3.05) is 39.3 Å². The minimum absolute atomic E-state index is 0.180. The van der Waals surface area contributed by atoms with Gasteiger partial charge in [-0.1, -0.05) is 32.0 Å². The van der Waals surface area contributed by atoms with Crippen LogP contribution in [0.15, 0.2) is 24.3 Å². The number of nitrogens with two attached hydrogens (primary N) is 1. The molecule has 0 bridgehead atoms. The molecule has 0 aliphatic carbocycles. The maximum atomic E-state index is 12.7. The molecule has 2 rings (SSSR count). The second-order valence-electron chi connectivity index (χ2n) is 5.94. The molecule has 2 N–H and O–H groups in total. The Morgan fingerprint density at radius 2 is 1.90 bits per heavy atom. The summed E-state index contributed by atoms with van der Waals surface area (Å²) in [4.78, 5) is 17.0. The highest BCUT2D eigenvalue weighted by molar-refractivity contribution is 5.95. The van der Waals surface area contributed by atoms with Gasteiger partial charge in [-0.3, -0.25) is 9.69 Å². The number of nitrogens with zero attached hydrogens (tertiary/aromatic N) is 2. The zero-order valence-corrected chi connectivity index (χ0v) is 13.2. The number of carbonyl (C=O) groups excluding carboxylic acids is 1. The zero-order valence-electron chi connectivity index (χ0n) is 13.2. The van der Waals surface area contributed by atoms with Crippen molar-refractivity contribution in [3.63, 3.8) is 0 Å². The molecule has 0 spiro atoms. The van der Waals surface area contributed by atoms with Crippen LogP contribution in [0.5, 0.6) is 0 Å². The average Bonchev–Trinajstić information content (AvgIpc) is 2.54. The van der Waals surface area contributed by atoms with Crippen LogP contribution in [0.2, 0.25) is 0 Å². The van der Waals surface area contributed by atoms with Gasteiger partial charge in [0.05, 0.1) is 0 Å². The Labute approximate surface area is 127 Å². The minimum atomic E-state index is 0.180. The standard InChI is InChI=1S/C17H27N3O/c1-3-15-6-4-5-7-16(15)17(21)20-10-8-19(9-11-20)13-14(2)12-18/h4-7,14H,3,8-13,18H2,1-2H3. The van der Waals surface area contributed by atoms with E-state index in [1.54, 1.807) is 0 Å². The van der Waals surface area contributed by atoms with Crippen LogP contribution in [0.4, 0.5) is 0 Å². The molecule has 0 saturated carbocycles. The fourth-order valence-electron chi connectivity index (χ4n) is 2.86. The first-order chi connectivity index (χ1) is 10.2. The summed E-state index contributed by atoms with van der Waals surface area (Å²) in [5.41, 5.74) is 7.69. The smallest absolute Gasteiger partial charge is 0.254 e. The summed E-state index contributed by atoms with van der Waals surface area (Å²) in [6, 6.07) is 7.95. The highest BCUT2D eigenvalue weighted by atomic mass is 16.2. The highest BCUT2D eigenvalue weighted by Gasteiger charge is 2.23. The molecule has 1 aromatic rings. The van der Waals surface area contributed by atoms with E-state index in [1.165, 1.54) is 0 Å². The van der Waals surface area contributed by atoms with Gasteiger partial charge in [0.25, 0.3) is 5.91 Å². The van der Waals surface area contributed by atoms with Gasteiger partial charge >= 0.3 is 0 Å². The second-order valence-corrected chi connectivity index (χ2v) is 5.94. The van der Waals surface area contributed by atoms with Crippen molar-refractivity contribution in [1.82, 2.24) is 9.80 Å². The summed E-state index contributed by atoms with van der Waals surface area (Å²) in [5.74, 6) is 0.701. The van der Waals surface area contributed by atoms with Crippen molar-refractivity contribution < 1.29 is 4.79 Å². The summed E-state index contributed by atoms with van der Waals surface area (Å²) in [5, 5.41) is 0. The Kier molecular flexibility index (Phi) is 5.76. The number of benzene rings is 1. The third-order valence-electron chi connectivity index (χ3n) is 4.26. The fourth-order valence-corrected chi connectivity index (χ4v) is 2.86. The molecular formula is C17H27N3O. The van der Waals surface area contributed by atoms with Gasteiger partial charge in [-0.2, -0.15) is 0 Å². The minimum Gasteiger partial charge on any atom is -0.336 e. The van der Waals surface area contributed by atoms with Crippen LogP contribution in [-0.2, 0) is 6.42 Å². The number of piperazine rings is 1. The SMILES string of the molecule is CCc1ccccc1C(=O)N1CCN(CC(C)CN)CC1. The summed E-state index contributed by atoms with van der Waals surface area (Å²) in [6.45, 7) is 9.55. The molecule has 1 aliphatic rings. The molecule has 21 heavy (non-hydrogen) atoms. The van der Waals surface area contributed by atoms with E-state index in [-0.39, 0.29) is 5.91 Å². The van der Waals surface area contributed by atoms with Crippen LogP contribution in [0.1, 0.15) is 29.8 Å². The first-order valence-corrected chi connectivity index (χ1v) is 7.95. The molecule has 1 atom stereocenters. The first kappa shape index (κ1) is 16.0. The average molecular weight is 289 g/mol. The van der Waals surface area contributed by atoms with Crippen LogP contribution >= 0.6 is 0 Å². The van der Waals surface area contributed by atoms with Crippen molar-refractivity contribution >= 4 is 5.91 Å². The maximum Gasteiger partial charge on any atom is 0.254 e. The van der Waals surface area contributed by atoms with Crippen LogP contribution in [0, 0.1) is 5.92 Å². The lowest BCUT2D eigenvalue weighted by Gasteiger charge is -2.36. The molecule has 4 nitrogen and oxygen atoms in total. The fraction of sp³-hybridized carbons (Fsp3) is 0.588. The van der Waals surface area contributed by atoms with Gasteiger partial charge in [0.2, 0.25) is 0 Å². The molecule has 1 heterocycles. The molecule has 1 unspecified atom stereocenters. The van der Waals surface area contributed by atoms with Crippen molar-refractivity contribution in [1.29, 1.82) is 0 Å². The topological polar surface area (TPSA) is 49.6 Å². The molecule has 1 aliphatic heterocycles. The number of hydrogen-bond acceptors (Lipinski definition) is 3. The summed E-state index contributed by atoms with van der Waals surface area (Å²) in [7, 11) is 0. The third kappa shape index (κ3) is 4.05. The third-order valence-corrected chi connectivity index (χ3v) is 4.26. The van der Waals surface area contributed by atoms with E-state index >= 15 is 0 Å². The normalized spacial score (nSPS) is 17.8. The quantitative estimate of drug-likeness (QED) is 0.896. The van der Waals surface area contributed by atoms with E-state index in [2.05, 4.69) is 18.7 Å². The Morgan fingerprint density at radius 3 is 2.52 bits per heavy atom. The van der Waals surface area contributed by atoms with Crippen LogP contribution in [0.25, 0.3) is 0 Å². The molecule has 1 saturated heterocycles. The van der Waals surface area contributed by atoms with E-state index in [9.17, 15) is 4.79 Å². The highest BCUT2D eigenvalue weighted by Crippen LogP contribution is 2.14. The second kappa shape index (κ2) is 7.57. The van der Waals surface area contributed by atoms with Crippen LogP contribution < -0.4 is 5.73 Å². The molecule has 1 fully saturated rings. The van der Waals surface area contributed by atoms with Gasteiger partial charge < -0.3 is 10.6 Å². The number of rotatable bonds is 5. The van der Waals surface area contributed by atoms with Crippen molar-refractivity contribution in [2.45, 2.75) is 20.3 Å². The number of amides is 1. The van der Waals surface area contributed by atoms with E-state index < -0.39 is 0 Å². The largest absolute Gasteiger partial charge is 0.336 e. The lowest BCUT2D eigenvalue weighted by atomic mass is 10.0. The Bertz CT molecular complexity index is 467. The van der Waals surface area contributed by atoms with Crippen LogP contribution in [-0.4, -0.2) is 55.0 Å². The molecule has 116 valence electrons. The van der Waals surface area contributed by atoms with Crippen molar-refractivity contribution in [2.24, 2.45) is 11.7 Å². The molecule has 0 radical (unpaired) electrons. The predicted molar refractivity (Wildman–Crippen MR) is 86.4 cm³/mol. The summed E-state index contributed by atoms with van der Waals surface area (Å²) in [6.07, 6.45) is 0.899. The molecule has 1 aromatic carbocycles. The Hall–Kier alpha value is -1.39. The predicted octanol–water partition coefficient (Wildman–Crippen LogP) is 1.60. The zero-order chi connectivity index (χ0) is 15.2. The number of hydrogen-bond donors (Lipinski definition) is 1. The van der Waals surface area contributed by atoms with Gasteiger partial charge in [-0.15, -0.1) is 0 Å². The van der Waals surface area contributed by atoms with Crippen molar-refractivity contribution in [3.8, 4) is 0 Å². The number of aryl methyl sites for hydroxylation is 1. The van der Waals surface area contributed by atoms with Gasteiger partial charge in [-0.05, 0) is 30.5 Å². The monoisotopic (exact) mass is 289 g/mol. The Balaban J connectivity index is 1.94. The maximum absolute atomic E-state index is 12.7. The number of carbonyl (C=O) groups is 1. The van der Waals surface area contributed by atoms with Crippen LogP contribution in [0.3, 0.4) is 0 Å². The lowest BCUT2D eigenvalue weighted by molar-refractivity contribution is 0.0621. The molecule has 1 amide bonds. The van der Waals surface area contributed by atoms with Gasteiger partial charge in [0.15, 0.2) is 0 Å². The van der Waals surface area contributed by atoms with Crippen molar-refractivity contribution in [3.05, 3.63) is 35.4 Å². The summed E-state index contributed by atoms with van der Waals surface area (Å²) < 4.78 is 0. The van der Waals surface area contributed by atoms with E-state index in [1.807, 2.05) is 29.2 Å². The van der Waals surface area contributed by atoms with Gasteiger partial charge in [-0.25, -0.2) is 0 Å².